The first-order valence-corrected chi connectivity index (χ1v) is 6.65. The van der Waals surface area contributed by atoms with Crippen molar-refractivity contribution in [2.24, 2.45) is 0 Å². The molecule has 2 aromatic rings. The second-order valence-corrected chi connectivity index (χ2v) is 4.93. The third kappa shape index (κ3) is 2.96. The Hall–Kier alpha value is -1.78. The maximum Gasteiger partial charge on any atom is 0.199 e. The predicted octanol–water partition coefficient (Wildman–Crippen LogP) is 4.38. The van der Waals surface area contributed by atoms with Crippen molar-refractivity contribution in [3.05, 3.63) is 57.3 Å². The molecule has 0 aliphatic carbocycles. The highest BCUT2D eigenvalue weighted by Gasteiger charge is 2.22. The van der Waals surface area contributed by atoms with E-state index >= 15 is 0 Å². The van der Waals surface area contributed by atoms with Gasteiger partial charge in [-0.25, -0.2) is 4.39 Å². The average Bonchev–Trinajstić information content (AvgIpc) is 2.46. The zero-order valence-electron chi connectivity index (χ0n) is 11.2. The minimum Gasteiger partial charge on any atom is -0.493 e. The quantitative estimate of drug-likeness (QED) is 0.781. The normalized spacial score (nSPS) is 10.3. The summed E-state index contributed by atoms with van der Waals surface area (Å²) in [5, 5.41) is 0.309. The van der Waals surface area contributed by atoms with Crippen LogP contribution >= 0.6 is 23.2 Å². The van der Waals surface area contributed by atoms with Crippen molar-refractivity contribution in [3.8, 4) is 11.5 Å². The summed E-state index contributed by atoms with van der Waals surface area (Å²) in [6.07, 6.45) is 0. The number of hydrogen-bond donors (Lipinski definition) is 0. The minimum atomic E-state index is -0.742. The number of rotatable bonds is 4. The first kappa shape index (κ1) is 15.6. The van der Waals surface area contributed by atoms with Gasteiger partial charge in [0.05, 0.1) is 35.4 Å². The topological polar surface area (TPSA) is 35.5 Å². The van der Waals surface area contributed by atoms with Crippen LogP contribution in [0.2, 0.25) is 10.0 Å². The van der Waals surface area contributed by atoms with Gasteiger partial charge in [-0.2, -0.15) is 0 Å². The smallest absolute Gasteiger partial charge is 0.199 e. The first-order valence-electron chi connectivity index (χ1n) is 5.89. The molecule has 110 valence electrons. The summed E-state index contributed by atoms with van der Waals surface area (Å²) in [5.74, 6) is -0.931. The molecule has 0 unspecified atom stereocenters. The molecule has 0 saturated heterocycles. The Morgan fingerprint density at radius 2 is 1.57 bits per heavy atom. The molecular weight excluding hydrogens is 318 g/mol. The molecule has 0 heterocycles. The van der Waals surface area contributed by atoms with Gasteiger partial charge in [-0.05, 0) is 18.2 Å². The van der Waals surface area contributed by atoms with Crippen LogP contribution in [0.5, 0.6) is 11.5 Å². The molecule has 0 aliphatic rings. The maximum atomic E-state index is 14.1. The van der Waals surface area contributed by atoms with Crippen molar-refractivity contribution in [2.45, 2.75) is 0 Å². The van der Waals surface area contributed by atoms with Gasteiger partial charge in [0.15, 0.2) is 17.3 Å². The lowest BCUT2D eigenvalue weighted by Gasteiger charge is -2.11. The molecule has 0 radical (unpaired) electrons. The van der Waals surface area contributed by atoms with Crippen LogP contribution in [0.25, 0.3) is 0 Å². The van der Waals surface area contributed by atoms with Gasteiger partial charge >= 0.3 is 0 Å². The number of ketones is 1. The van der Waals surface area contributed by atoms with Gasteiger partial charge in [-0.15, -0.1) is 0 Å². The Morgan fingerprint density at radius 1 is 1.05 bits per heavy atom. The van der Waals surface area contributed by atoms with E-state index in [-0.39, 0.29) is 32.7 Å². The molecule has 0 fully saturated rings. The third-order valence-corrected chi connectivity index (χ3v) is 3.54. The molecule has 0 spiro atoms. The standard InChI is InChI=1S/C15H11Cl2FO3/c1-20-12-6-8(11(18)7-13(12)21-2)15(19)14-9(16)4-3-5-10(14)17/h3-7H,1-2H3. The van der Waals surface area contributed by atoms with Gasteiger partial charge in [-0.3, -0.25) is 4.79 Å². The molecule has 0 aromatic heterocycles. The molecule has 0 amide bonds. The van der Waals surface area contributed by atoms with Gasteiger partial charge in [0.1, 0.15) is 5.82 Å². The number of benzene rings is 2. The van der Waals surface area contributed by atoms with E-state index < -0.39 is 11.6 Å². The molecule has 0 aliphatic heterocycles. The minimum absolute atomic E-state index is 0.0481. The highest BCUT2D eigenvalue weighted by atomic mass is 35.5. The summed E-state index contributed by atoms with van der Waals surface area (Å²) in [6.45, 7) is 0. The summed E-state index contributed by atoms with van der Waals surface area (Å²) in [7, 11) is 2.77. The summed E-state index contributed by atoms with van der Waals surface area (Å²) in [5.41, 5.74) is -0.144. The summed E-state index contributed by atoms with van der Waals surface area (Å²) >= 11 is 12.0. The largest absolute Gasteiger partial charge is 0.493 e. The number of carbonyl (C=O) groups is 1. The van der Waals surface area contributed by atoms with E-state index in [9.17, 15) is 9.18 Å². The Kier molecular flexibility index (Phi) is 4.70. The van der Waals surface area contributed by atoms with E-state index in [1.54, 1.807) is 6.07 Å². The molecule has 21 heavy (non-hydrogen) atoms. The van der Waals surface area contributed by atoms with Gasteiger partial charge in [0, 0.05) is 6.07 Å². The average molecular weight is 329 g/mol. The second kappa shape index (κ2) is 6.33. The fourth-order valence-corrected chi connectivity index (χ4v) is 2.45. The van der Waals surface area contributed by atoms with Gasteiger partial charge in [0.25, 0.3) is 0 Å². The van der Waals surface area contributed by atoms with Gasteiger partial charge in [0.2, 0.25) is 0 Å². The molecule has 0 N–H and O–H groups in total. The number of carbonyl (C=O) groups excluding carboxylic acids is 1. The third-order valence-electron chi connectivity index (χ3n) is 2.91. The SMILES string of the molecule is COc1cc(F)c(C(=O)c2c(Cl)cccc2Cl)cc1OC. The zero-order valence-corrected chi connectivity index (χ0v) is 12.8. The van der Waals surface area contributed by atoms with Crippen LogP contribution < -0.4 is 9.47 Å². The van der Waals surface area contributed by atoms with Gasteiger partial charge < -0.3 is 9.47 Å². The Labute approximate surface area is 131 Å². The fourth-order valence-electron chi connectivity index (χ4n) is 1.88. The molecule has 0 bridgehead atoms. The Bertz CT molecular complexity index is 681. The molecule has 2 aromatic carbocycles. The van der Waals surface area contributed by atoms with Gasteiger partial charge in [-0.1, -0.05) is 29.3 Å². The van der Waals surface area contributed by atoms with Crippen LogP contribution in [0.4, 0.5) is 4.39 Å². The van der Waals surface area contributed by atoms with Crippen LogP contribution in [0.3, 0.4) is 0 Å². The molecule has 3 nitrogen and oxygen atoms in total. The van der Waals surface area contributed by atoms with E-state index in [1.807, 2.05) is 0 Å². The van der Waals surface area contributed by atoms with E-state index in [2.05, 4.69) is 0 Å². The molecule has 0 saturated carbocycles. The van der Waals surface area contributed by atoms with Crippen molar-refractivity contribution in [2.75, 3.05) is 14.2 Å². The molecule has 6 heteroatoms. The van der Waals surface area contributed by atoms with E-state index in [0.29, 0.717) is 0 Å². The maximum absolute atomic E-state index is 14.1. The van der Waals surface area contributed by atoms with Crippen LogP contribution in [0, 0.1) is 5.82 Å². The molecule has 0 atom stereocenters. The summed E-state index contributed by atoms with van der Waals surface area (Å²) < 4.78 is 24.2. The van der Waals surface area contributed by atoms with Crippen LogP contribution in [0.15, 0.2) is 30.3 Å². The summed E-state index contributed by atoms with van der Waals surface area (Å²) in [6, 6.07) is 6.97. The lowest BCUT2D eigenvalue weighted by molar-refractivity contribution is 0.103. The van der Waals surface area contributed by atoms with Crippen molar-refractivity contribution in [1.82, 2.24) is 0 Å². The van der Waals surface area contributed by atoms with Crippen molar-refractivity contribution >= 4 is 29.0 Å². The molecular formula is C15H11Cl2FO3. The fraction of sp³-hybridized carbons (Fsp3) is 0.133. The first-order chi connectivity index (χ1) is 9.99. The van der Waals surface area contributed by atoms with E-state index in [0.717, 1.165) is 6.07 Å². The number of halogens is 3. The van der Waals surface area contributed by atoms with Crippen LogP contribution in [-0.2, 0) is 0 Å². The predicted molar refractivity (Wildman–Crippen MR) is 79.4 cm³/mol. The monoisotopic (exact) mass is 328 g/mol. The number of ether oxygens (including phenoxy) is 2. The number of hydrogen-bond acceptors (Lipinski definition) is 3. The van der Waals surface area contributed by atoms with Crippen LogP contribution in [0.1, 0.15) is 15.9 Å². The highest BCUT2D eigenvalue weighted by Crippen LogP contribution is 2.33. The second-order valence-electron chi connectivity index (χ2n) is 4.11. The van der Waals surface area contributed by atoms with Crippen molar-refractivity contribution in [1.29, 1.82) is 0 Å². The van der Waals surface area contributed by atoms with Crippen LogP contribution in [-0.4, -0.2) is 20.0 Å². The Balaban J connectivity index is 2.59. The lowest BCUT2D eigenvalue weighted by atomic mass is 10.0. The van der Waals surface area contributed by atoms with Crippen molar-refractivity contribution < 1.29 is 18.7 Å². The number of methoxy groups -OCH3 is 2. The Morgan fingerprint density at radius 3 is 2.10 bits per heavy atom. The van der Waals surface area contributed by atoms with Crippen molar-refractivity contribution in [3.63, 3.8) is 0 Å². The lowest BCUT2D eigenvalue weighted by Crippen LogP contribution is -2.07. The highest BCUT2D eigenvalue weighted by molar-refractivity contribution is 6.41. The summed E-state index contributed by atoms with van der Waals surface area (Å²) in [4.78, 5) is 12.5. The van der Waals surface area contributed by atoms with E-state index in [4.69, 9.17) is 32.7 Å². The van der Waals surface area contributed by atoms with E-state index in [1.165, 1.54) is 32.4 Å². The zero-order chi connectivity index (χ0) is 15.6. The molecule has 2 rings (SSSR count).